The molecule has 78 valence electrons. The maximum atomic E-state index is 9.39. The van der Waals surface area contributed by atoms with Crippen LogP contribution in [0, 0.1) is 11.3 Å². The molecule has 0 aliphatic rings. The maximum Gasteiger partial charge on any atom is 0.133 e. The average molecular weight is 210 g/mol. The number of hydrogen-bond acceptors (Lipinski definition) is 3. The Kier molecular flexibility index (Phi) is 2.49. The van der Waals surface area contributed by atoms with Gasteiger partial charge in [0.25, 0.3) is 0 Å². The van der Waals surface area contributed by atoms with Crippen molar-refractivity contribution in [3.63, 3.8) is 0 Å². The minimum Gasteiger partial charge on any atom is -0.507 e. The molecule has 0 saturated heterocycles. The first kappa shape index (κ1) is 10.1. The van der Waals surface area contributed by atoms with Crippen LogP contribution < -0.4 is 5.73 Å². The van der Waals surface area contributed by atoms with Gasteiger partial charge in [0.1, 0.15) is 11.8 Å². The smallest absolute Gasteiger partial charge is 0.133 e. The molecule has 0 aliphatic heterocycles. The Morgan fingerprint density at radius 1 is 1.06 bits per heavy atom. The van der Waals surface area contributed by atoms with Crippen LogP contribution in [0.1, 0.15) is 5.56 Å². The van der Waals surface area contributed by atoms with Crippen LogP contribution in [0.2, 0.25) is 0 Å². The van der Waals surface area contributed by atoms with Gasteiger partial charge in [-0.25, -0.2) is 0 Å². The molecule has 3 nitrogen and oxygen atoms in total. The normalized spacial score (nSPS) is 9.69. The summed E-state index contributed by atoms with van der Waals surface area (Å²) >= 11 is 0. The number of nitrogens with two attached hydrogens (primary N) is 1. The van der Waals surface area contributed by atoms with E-state index in [0.29, 0.717) is 5.69 Å². The van der Waals surface area contributed by atoms with Crippen LogP contribution in [0.5, 0.6) is 5.75 Å². The van der Waals surface area contributed by atoms with Crippen molar-refractivity contribution in [3.8, 4) is 22.9 Å². The number of anilines is 1. The molecule has 16 heavy (non-hydrogen) atoms. The molecule has 0 heterocycles. The lowest BCUT2D eigenvalue weighted by molar-refractivity contribution is 0.473. The Hall–Kier alpha value is -2.47. The molecule has 3 N–H and O–H groups in total. The van der Waals surface area contributed by atoms with Crippen molar-refractivity contribution in [1.29, 1.82) is 5.26 Å². The minimum atomic E-state index is -0.00449. The second-order valence-corrected chi connectivity index (χ2v) is 3.47. The van der Waals surface area contributed by atoms with Gasteiger partial charge in [-0.05, 0) is 35.4 Å². The third-order valence-corrected chi connectivity index (χ3v) is 2.34. The summed E-state index contributed by atoms with van der Waals surface area (Å²) in [5.41, 5.74) is 8.41. The lowest BCUT2D eigenvalue weighted by Gasteiger charge is -2.04. The van der Waals surface area contributed by atoms with Crippen molar-refractivity contribution in [2.45, 2.75) is 0 Å². The zero-order valence-corrected chi connectivity index (χ0v) is 8.51. The molecular weight excluding hydrogens is 200 g/mol. The monoisotopic (exact) mass is 210 g/mol. The number of phenols is 1. The Morgan fingerprint density at radius 3 is 2.50 bits per heavy atom. The number of benzene rings is 2. The predicted octanol–water partition coefficient (Wildman–Crippen LogP) is 2.51. The Morgan fingerprint density at radius 2 is 1.81 bits per heavy atom. The van der Waals surface area contributed by atoms with Crippen molar-refractivity contribution in [2.24, 2.45) is 0 Å². The number of hydrogen-bond donors (Lipinski definition) is 2. The van der Waals surface area contributed by atoms with Crippen LogP contribution in [0.3, 0.4) is 0 Å². The van der Waals surface area contributed by atoms with Crippen molar-refractivity contribution < 1.29 is 5.11 Å². The lowest BCUT2D eigenvalue weighted by atomic mass is 10.0. The van der Waals surface area contributed by atoms with Crippen LogP contribution in [0.4, 0.5) is 5.69 Å². The molecule has 0 saturated carbocycles. The van der Waals surface area contributed by atoms with Gasteiger partial charge in [0.15, 0.2) is 0 Å². The Balaban J connectivity index is 2.54. The highest BCUT2D eigenvalue weighted by atomic mass is 16.3. The number of aromatic hydroxyl groups is 1. The third-order valence-electron chi connectivity index (χ3n) is 2.34. The summed E-state index contributed by atoms with van der Waals surface area (Å²) in [5.74, 6) is -0.00449. The van der Waals surface area contributed by atoms with E-state index in [4.69, 9.17) is 11.0 Å². The Labute approximate surface area is 93.4 Å². The molecule has 0 atom stereocenters. The van der Waals surface area contributed by atoms with Gasteiger partial charge in [0.05, 0.1) is 5.56 Å². The van der Waals surface area contributed by atoms with Crippen molar-refractivity contribution in [1.82, 2.24) is 0 Å². The maximum absolute atomic E-state index is 9.39. The summed E-state index contributed by atoms with van der Waals surface area (Å²) in [7, 11) is 0. The average Bonchev–Trinajstić information content (AvgIpc) is 2.29. The summed E-state index contributed by atoms with van der Waals surface area (Å²) in [6.07, 6.45) is 0. The molecule has 2 aromatic rings. The number of rotatable bonds is 1. The first-order chi connectivity index (χ1) is 7.70. The van der Waals surface area contributed by atoms with Crippen molar-refractivity contribution in [2.75, 3.05) is 5.73 Å². The van der Waals surface area contributed by atoms with E-state index in [0.717, 1.165) is 11.1 Å². The standard InChI is InChI=1S/C13H10N2O/c14-8-11-6-10(4-5-13(11)16)9-2-1-3-12(15)7-9/h1-7,16H,15H2. The molecule has 0 spiro atoms. The molecule has 3 heteroatoms. The van der Waals surface area contributed by atoms with Crippen LogP contribution in [-0.2, 0) is 0 Å². The first-order valence-corrected chi connectivity index (χ1v) is 4.80. The lowest BCUT2D eigenvalue weighted by Crippen LogP contribution is -1.86. The van der Waals surface area contributed by atoms with Gasteiger partial charge < -0.3 is 10.8 Å². The van der Waals surface area contributed by atoms with Gasteiger partial charge in [-0.3, -0.25) is 0 Å². The molecule has 2 rings (SSSR count). The predicted molar refractivity (Wildman–Crippen MR) is 62.7 cm³/mol. The highest BCUT2D eigenvalue weighted by Crippen LogP contribution is 2.26. The van der Waals surface area contributed by atoms with Gasteiger partial charge >= 0.3 is 0 Å². The van der Waals surface area contributed by atoms with E-state index in [2.05, 4.69) is 0 Å². The first-order valence-electron chi connectivity index (χ1n) is 4.80. The highest BCUT2D eigenvalue weighted by molar-refractivity contribution is 5.69. The van der Waals surface area contributed by atoms with Crippen LogP contribution in [0.15, 0.2) is 42.5 Å². The fraction of sp³-hybridized carbons (Fsp3) is 0. The number of nitriles is 1. The quantitative estimate of drug-likeness (QED) is 0.710. The fourth-order valence-corrected chi connectivity index (χ4v) is 1.52. The Bertz CT molecular complexity index is 570. The SMILES string of the molecule is N#Cc1cc(-c2cccc(N)c2)ccc1O. The van der Waals surface area contributed by atoms with E-state index in [1.807, 2.05) is 24.3 Å². The topological polar surface area (TPSA) is 70.0 Å². The van der Waals surface area contributed by atoms with Crippen molar-refractivity contribution >= 4 is 5.69 Å². The molecule has 0 amide bonds. The van der Waals surface area contributed by atoms with Gasteiger partial charge in [0, 0.05) is 5.69 Å². The molecule has 0 fully saturated rings. The van der Waals surface area contributed by atoms with Crippen LogP contribution in [-0.4, -0.2) is 5.11 Å². The minimum absolute atomic E-state index is 0.00449. The molecular formula is C13H10N2O. The molecule has 0 unspecified atom stereocenters. The molecule has 0 aromatic heterocycles. The van der Waals surface area contributed by atoms with Crippen LogP contribution >= 0.6 is 0 Å². The third kappa shape index (κ3) is 1.82. The molecule has 0 aliphatic carbocycles. The van der Waals surface area contributed by atoms with E-state index in [9.17, 15) is 5.11 Å². The fourth-order valence-electron chi connectivity index (χ4n) is 1.52. The largest absolute Gasteiger partial charge is 0.507 e. The second-order valence-electron chi connectivity index (χ2n) is 3.47. The van der Waals surface area contributed by atoms with Gasteiger partial charge in [-0.15, -0.1) is 0 Å². The van der Waals surface area contributed by atoms with E-state index in [1.54, 1.807) is 18.2 Å². The van der Waals surface area contributed by atoms with Crippen LogP contribution in [0.25, 0.3) is 11.1 Å². The highest BCUT2D eigenvalue weighted by Gasteiger charge is 2.03. The summed E-state index contributed by atoms with van der Waals surface area (Å²) in [6, 6.07) is 14.2. The van der Waals surface area contributed by atoms with Gasteiger partial charge in [-0.2, -0.15) is 5.26 Å². The van der Waals surface area contributed by atoms with Gasteiger partial charge in [0.2, 0.25) is 0 Å². The van der Waals surface area contributed by atoms with Gasteiger partial charge in [-0.1, -0.05) is 18.2 Å². The van der Waals surface area contributed by atoms with E-state index in [-0.39, 0.29) is 11.3 Å². The van der Waals surface area contributed by atoms with E-state index >= 15 is 0 Å². The summed E-state index contributed by atoms with van der Waals surface area (Å²) in [6.45, 7) is 0. The zero-order valence-electron chi connectivity index (χ0n) is 8.51. The zero-order chi connectivity index (χ0) is 11.5. The second kappa shape index (κ2) is 3.95. The van der Waals surface area contributed by atoms with Crippen molar-refractivity contribution in [3.05, 3.63) is 48.0 Å². The van der Waals surface area contributed by atoms with E-state index in [1.165, 1.54) is 6.07 Å². The summed E-state index contributed by atoms with van der Waals surface area (Å²) in [4.78, 5) is 0. The summed E-state index contributed by atoms with van der Waals surface area (Å²) in [5, 5.41) is 18.2. The number of phenolic OH excluding ortho intramolecular Hbond substituents is 1. The molecule has 2 aromatic carbocycles. The van der Waals surface area contributed by atoms with E-state index < -0.39 is 0 Å². The molecule has 0 bridgehead atoms. The summed E-state index contributed by atoms with van der Waals surface area (Å²) < 4.78 is 0. The molecule has 0 radical (unpaired) electrons. The number of nitrogen functional groups attached to an aromatic ring is 1. The number of nitrogens with zero attached hydrogens (tertiary/aromatic N) is 1.